The van der Waals surface area contributed by atoms with Gasteiger partial charge in [-0.15, -0.1) is 0 Å². The van der Waals surface area contributed by atoms with Gasteiger partial charge in [-0.1, -0.05) is 30.6 Å². The first-order valence-electron chi connectivity index (χ1n) is 10.4. The van der Waals surface area contributed by atoms with Crippen LogP contribution < -0.4 is 9.64 Å². The smallest absolute Gasteiger partial charge is 0.265 e. The number of nitrogens with zero attached hydrogens (tertiary/aromatic N) is 4. The Hall–Kier alpha value is -2.57. The third-order valence-corrected chi connectivity index (χ3v) is 5.39. The van der Waals surface area contributed by atoms with Gasteiger partial charge >= 0.3 is 0 Å². The van der Waals surface area contributed by atoms with Gasteiger partial charge in [0.05, 0.1) is 18.8 Å². The van der Waals surface area contributed by atoms with Gasteiger partial charge in [-0.3, -0.25) is 4.79 Å². The average Bonchev–Trinajstić information content (AvgIpc) is 3.19. The van der Waals surface area contributed by atoms with E-state index in [1.807, 2.05) is 29.2 Å². The van der Waals surface area contributed by atoms with Crippen LogP contribution in [0.1, 0.15) is 50.7 Å². The maximum absolute atomic E-state index is 13.0. The van der Waals surface area contributed by atoms with Crippen molar-refractivity contribution < 1.29 is 14.1 Å². The van der Waals surface area contributed by atoms with Crippen LogP contribution in [0.4, 0.5) is 5.69 Å². The van der Waals surface area contributed by atoms with Gasteiger partial charge in [0, 0.05) is 19.5 Å². The zero-order valence-electron chi connectivity index (χ0n) is 16.5. The maximum atomic E-state index is 13.0. The molecule has 2 aliphatic heterocycles. The van der Waals surface area contributed by atoms with E-state index in [0.717, 1.165) is 56.6 Å². The lowest BCUT2D eigenvalue weighted by Gasteiger charge is -2.37. The lowest BCUT2D eigenvalue weighted by Crippen LogP contribution is -2.51. The van der Waals surface area contributed by atoms with E-state index in [1.54, 1.807) is 0 Å². The summed E-state index contributed by atoms with van der Waals surface area (Å²) in [5, 5.41) is 4.13. The zero-order valence-corrected chi connectivity index (χ0v) is 16.5. The number of piperidine rings is 1. The molecule has 0 N–H and O–H groups in total. The number of likely N-dealkylation sites (tertiary alicyclic amines) is 1. The number of hydrogen-bond acceptors (Lipinski definition) is 6. The molecule has 1 aromatic heterocycles. The summed E-state index contributed by atoms with van der Waals surface area (Å²) in [6, 6.07) is 7.84. The molecule has 0 saturated carbocycles. The predicted octanol–water partition coefficient (Wildman–Crippen LogP) is 3.19. The second kappa shape index (κ2) is 8.63. The lowest BCUT2D eigenvalue weighted by atomic mass is 10.1. The second-order valence-electron chi connectivity index (χ2n) is 7.55. The number of aryl methyl sites for hydroxylation is 1. The van der Waals surface area contributed by atoms with Crippen molar-refractivity contribution in [2.24, 2.45) is 0 Å². The maximum Gasteiger partial charge on any atom is 0.265 e. The molecule has 28 heavy (non-hydrogen) atoms. The van der Waals surface area contributed by atoms with E-state index in [4.69, 9.17) is 9.26 Å². The molecule has 7 heteroatoms. The third-order valence-electron chi connectivity index (χ3n) is 5.39. The number of amides is 1. The Morgan fingerprint density at radius 1 is 1.21 bits per heavy atom. The van der Waals surface area contributed by atoms with Crippen molar-refractivity contribution in [2.45, 2.75) is 58.1 Å². The van der Waals surface area contributed by atoms with Crippen LogP contribution in [-0.4, -0.2) is 46.7 Å². The minimum atomic E-state index is -0.500. The molecular weight excluding hydrogens is 356 g/mol. The SMILES string of the molecule is CCCCc1nc(CN2CC(C(=O)N3CCCCC3)Oc3ccccc32)no1. The highest BCUT2D eigenvalue weighted by molar-refractivity contribution is 5.83. The Labute approximate surface area is 165 Å². The first-order chi connectivity index (χ1) is 13.7. The molecule has 0 spiro atoms. The van der Waals surface area contributed by atoms with Gasteiger partial charge in [0.25, 0.3) is 5.91 Å². The number of unbranched alkanes of at least 4 members (excludes halogenated alkanes) is 1. The first-order valence-corrected chi connectivity index (χ1v) is 10.4. The van der Waals surface area contributed by atoms with Crippen LogP contribution in [0.3, 0.4) is 0 Å². The summed E-state index contributed by atoms with van der Waals surface area (Å²) in [6.45, 7) is 4.78. The number of para-hydroxylation sites is 2. The topological polar surface area (TPSA) is 71.7 Å². The molecule has 150 valence electrons. The summed E-state index contributed by atoms with van der Waals surface area (Å²) < 4.78 is 11.4. The van der Waals surface area contributed by atoms with Gasteiger partial charge < -0.3 is 19.1 Å². The number of benzene rings is 1. The van der Waals surface area contributed by atoms with Crippen LogP contribution in [0.5, 0.6) is 5.75 Å². The van der Waals surface area contributed by atoms with Crippen molar-refractivity contribution in [1.29, 1.82) is 0 Å². The standard InChI is InChI=1S/C21H28N4O3/c1-2-3-11-20-22-19(23-28-20)15-25-14-18(21(26)24-12-7-4-8-13-24)27-17-10-6-5-9-16(17)25/h5-6,9-10,18H,2-4,7-8,11-15H2,1H3. The monoisotopic (exact) mass is 384 g/mol. The van der Waals surface area contributed by atoms with Crippen LogP contribution in [0.25, 0.3) is 0 Å². The van der Waals surface area contributed by atoms with Gasteiger partial charge in [0.15, 0.2) is 11.9 Å². The molecule has 0 aliphatic carbocycles. The van der Waals surface area contributed by atoms with Gasteiger partial charge in [-0.05, 0) is 37.8 Å². The van der Waals surface area contributed by atoms with E-state index < -0.39 is 6.10 Å². The van der Waals surface area contributed by atoms with Gasteiger partial charge in [0.1, 0.15) is 5.75 Å². The summed E-state index contributed by atoms with van der Waals surface area (Å²) >= 11 is 0. The van der Waals surface area contributed by atoms with Crippen molar-refractivity contribution in [1.82, 2.24) is 15.0 Å². The number of anilines is 1. The van der Waals surface area contributed by atoms with E-state index in [0.29, 0.717) is 24.8 Å². The highest BCUT2D eigenvalue weighted by Gasteiger charge is 2.34. The highest BCUT2D eigenvalue weighted by atomic mass is 16.5. The molecule has 1 saturated heterocycles. The first kappa shape index (κ1) is 18.8. The number of fused-ring (bicyclic) bond motifs is 1. The Bertz CT molecular complexity index is 800. The zero-order chi connectivity index (χ0) is 19.3. The molecule has 0 bridgehead atoms. The molecule has 2 aliphatic rings. The molecule has 7 nitrogen and oxygen atoms in total. The van der Waals surface area contributed by atoms with E-state index >= 15 is 0 Å². The molecule has 1 unspecified atom stereocenters. The summed E-state index contributed by atoms with van der Waals surface area (Å²) in [5.74, 6) is 2.14. The summed E-state index contributed by atoms with van der Waals surface area (Å²) in [4.78, 5) is 21.6. The highest BCUT2D eigenvalue weighted by Crippen LogP contribution is 2.34. The number of hydrogen-bond donors (Lipinski definition) is 0. The second-order valence-corrected chi connectivity index (χ2v) is 7.55. The Kier molecular flexibility index (Phi) is 5.78. The molecule has 1 aromatic carbocycles. The Morgan fingerprint density at radius 3 is 2.86 bits per heavy atom. The summed E-state index contributed by atoms with van der Waals surface area (Å²) in [6.07, 6.45) is 5.77. The molecule has 4 rings (SSSR count). The molecular formula is C21H28N4O3. The summed E-state index contributed by atoms with van der Waals surface area (Å²) in [7, 11) is 0. The minimum Gasteiger partial charge on any atom is -0.477 e. The van der Waals surface area contributed by atoms with Gasteiger partial charge in [-0.2, -0.15) is 4.98 Å². The van der Waals surface area contributed by atoms with Crippen molar-refractivity contribution in [3.05, 3.63) is 36.0 Å². The average molecular weight is 384 g/mol. The van der Waals surface area contributed by atoms with Gasteiger partial charge in [-0.25, -0.2) is 0 Å². The predicted molar refractivity (Wildman–Crippen MR) is 105 cm³/mol. The van der Waals surface area contributed by atoms with Crippen LogP contribution >= 0.6 is 0 Å². The molecule has 0 radical (unpaired) electrons. The number of aromatic nitrogens is 2. The fourth-order valence-corrected chi connectivity index (χ4v) is 3.86. The normalized spacial score (nSPS) is 19.2. The fourth-order valence-electron chi connectivity index (χ4n) is 3.86. The molecule has 3 heterocycles. The quantitative estimate of drug-likeness (QED) is 0.762. The molecule has 1 atom stereocenters. The Balaban J connectivity index is 1.50. The lowest BCUT2D eigenvalue weighted by molar-refractivity contribution is -0.139. The van der Waals surface area contributed by atoms with Gasteiger partial charge in [0.2, 0.25) is 5.89 Å². The van der Waals surface area contributed by atoms with E-state index in [2.05, 4.69) is 22.0 Å². The fraction of sp³-hybridized carbons (Fsp3) is 0.571. The number of rotatable bonds is 6. The molecule has 2 aromatic rings. The van der Waals surface area contributed by atoms with Crippen molar-refractivity contribution in [3.63, 3.8) is 0 Å². The number of ether oxygens (including phenoxy) is 1. The van der Waals surface area contributed by atoms with E-state index in [-0.39, 0.29) is 5.91 Å². The number of carbonyl (C=O) groups is 1. The third kappa shape index (κ3) is 4.13. The van der Waals surface area contributed by atoms with Crippen molar-refractivity contribution in [3.8, 4) is 5.75 Å². The largest absolute Gasteiger partial charge is 0.477 e. The van der Waals surface area contributed by atoms with Crippen LogP contribution in [0, 0.1) is 0 Å². The van der Waals surface area contributed by atoms with Crippen molar-refractivity contribution >= 4 is 11.6 Å². The molecule has 1 fully saturated rings. The minimum absolute atomic E-state index is 0.0796. The summed E-state index contributed by atoms with van der Waals surface area (Å²) in [5.41, 5.74) is 0.963. The van der Waals surface area contributed by atoms with Crippen molar-refractivity contribution in [2.75, 3.05) is 24.5 Å². The Morgan fingerprint density at radius 2 is 2.04 bits per heavy atom. The van der Waals surface area contributed by atoms with Crippen LogP contribution in [-0.2, 0) is 17.8 Å². The number of carbonyl (C=O) groups excluding carboxylic acids is 1. The van der Waals surface area contributed by atoms with Crippen LogP contribution in [0.2, 0.25) is 0 Å². The van der Waals surface area contributed by atoms with E-state index in [1.165, 1.54) is 6.42 Å². The molecule has 1 amide bonds. The van der Waals surface area contributed by atoms with E-state index in [9.17, 15) is 4.79 Å². The van der Waals surface area contributed by atoms with Crippen LogP contribution in [0.15, 0.2) is 28.8 Å².